The quantitative estimate of drug-likeness (QED) is 0.887. The van der Waals surface area contributed by atoms with Crippen LogP contribution in [0.4, 0.5) is 5.69 Å². The van der Waals surface area contributed by atoms with E-state index in [1.54, 1.807) is 4.90 Å². The van der Waals surface area contributed by atoms with Crippen LogP contribution in [0.5, 0.6) is 0 Å². The highest BCUT2D eigenvalue weighted by molar-refractivity contribution is 5.94. The Hall–Kier alpha value is -1.51. The first-order valence-electron chi connectivity index (χ1n) is 6.37. The molecule has 0 saturated heterocycles. The molecule has 1 N–H and O–H groups in total. The van der Waals surface area contributed by atoms with Crippen LogP contribution in [0.15, 0.2) is 24.3 Å². The molecule has 1 rings (SSSR count). The van der Waals surface area contributed by atoms with E-state index >= 15 is 0 Å². The van der Waals surface area contributed by atoms with Crippen molar-refractivity contribution in [3.63, 3.8) is 0 Å². The lowest BCUT2D eigenvalue weighted by atomic mass is 9.92. The van der Waals surface area contributed by atoms with Crippen molar-refractivity contribution in [3.8, 4) is 0 Å². The average molecular weight is 248 g/mol. The Morgan fingerprint density at radius 2 is 2.00 bits per heavy atom. The molecule has 0 radical (unpaired) electrons. The molecular formula is C15H24N2O. The number of hydrogen-bond acceptors (Lipinski definition) is 2. The lowest BCUT2D eigenvalue weighted by Crippen LogP contribution is -2.30. The molecule has 0 fully saturated rings. The van der Waals surface area contributed by atoms with Crippen LogP contribution >= 0.6 is 0 Å². The van der Waals surface area contributed by atoms with Gasteiger partial charge in [-0.1, -0.05) is 26.8 Å². The van der Waals surface area contributed by atoms with Crippen LogP contribution in [0.1, 0.15) is 37.6 Å². The Bertz CT molecular complexity index is 407. The third-order valence-corrected chi connectivity index (χ3v) is 2.94. The fourth-order valence-electron chi connectivity index (χ4n) is 1.63. The predicted molar refractivity (Wildman–Crippen MR) is 77.0 cm³/mol. The second-order valence-electron chi connectivity index (χ2n) is 5.87. The Labute approximate surface area is 110 Å². The first-order valence-corrected chi connectivity index (χ1v) is 6.37. The highest BCUT2D eigenvalue weighted by Crippen LogP contribution is 2.19. The molecule has 0 aromatic heterocycles. The van der Waals surface area contributed by atoms with Crippen molar-refractivity contribution in [2.75, 3.05) is 26.0 Å². The van der Waals surface area contributed by atoms with Gasteiger partial charge in [0.15, 0.2) is 0 Å². The molecule has 3 heteroatoms. The molecule has 3 nitrogen and oxygen atoms in total. The minimum atomic E-state index is 0.0800. The van der Waals surface area contributed by atoms with Crippen molar-refractivity contribution in [1.82, 2.24) is 4.90 Å². The average Bonchev–Trinajstić information content (AvgIpc) is 2.34. The summed E-state index contributed by atoms with van der Waals surface area (Å²) in [6.45, 7) is 7.35. The van der Waals surface area contributed by atoms with E-state index in [4.69, 9.17) is 0 Å². The van der Waals surface area contributed by atoms with Crippen molar-refractivity contribution in [2.45, 2.75) is 27.2 Å². The molecule has 0 heterocycles. The second-order valence-corrected chi connectivity index (χ2v) is 5.87. The van der Waals surface area contributed by atoms with Gasteiger partial charge < -0.3 is 10.2 Å². The lowest BCUT2D eigenvalue weighted by molar-refractivity contribution is 0.0780. The van der Waals surface area contributed by atoms with Crippen LogP contribution in [0.2, 0.25) is 0 Å². The fraction of sp³-hybridized carbons (Fsp3) is 0.533. The molecule has 100 valence electrons. The number of amides is 1. The van der Waals surface area contributed by atoms with E-state index in [-0.39, 0.29) is 11.3 Å². The van der Waals surface area contributed by atoms with E-state index in [9.17, 15) is 4.79 Å². The molecule has 1 aromatic rings. The number of nitrogens with zero attached hydrogens (tertiary/aromatic N) is 1. The van der Waals surface area contributed by atoms with Gasteiger partial charge in [0.25, 0.3) is 5.91 Å². The summed E-state index contributed by atoms with van der Waals surface area (Å²) in [6, 6.07) is 7.59. The van der Waals surface area contributed by atoms with Gasteiger partial charge >= 0.3 is 0 Å². The maximum Gasteiger partial charge on any atom is 0.253 e. The zero-order valence-corrected chi connectivity index (χ0v) is 12.1. The van der Waals surface area contributed by atoms with Crippen molar-refractivity contribution >= 4 is 11.6 Å². The number of carbonyl (C=O) groups excluding carboxylic acids is 1. The van der Waals surface area contributed by atoms with Gasteiger partial charge in [-0.15, -0.1) is 0 Å². The Kier molecular flexibility index (Phi) is 4.76. The second kappa shape index (κ2) is 5.89. The number of benzene rings is 1. The Morgan fingerprint density at radius 3 is 2.56 bits per heavy atom. The first kappa shape index (κ1) is 14.6. The van der Waals surface area contributed by atoms with Crippen LogP contribution in [-0.4, -0.2) is 31.4 Å². The monoisotopic (exact) mass is 248 g/mol. The topological polar surface area (TPSA) is 32.3 Å². The molecule has 0 unspecified atom stereocenters. The maximum atomic E-state index is 12.2. The van der Waals surface area contributed by atoms with Crippen LogP contribution < -0.4 is 5.32 Å². The molecule has 0 aliphatic carbocycles. The number of nitrogens with one attached hydrogen (secondary N) is 1. The van der Waals surface area contributed by atoms with Crippen molar-refractivity contribution in [3.05, 3.63) is 29.8 Å². The summed E-state index contributed by atoms with van der Waals surface area (Å²) >= 11 is 0. The highest BCUT2D eigenvalue weighted by Gasteiger charge is 2.16. The third-order valence-electron chi connectivity index (χ3n) is 2.94. The number of anilines is 1. The SMILES string of the molecule is CNc1cccc(C(=O)N(C)CCC(C)(C)C)c1. The number of rotatable bonds is 4. The summed E-state index contributed by atoms with van der Waals surface area (Å²) in [4.78, 5) is 14.0. The van der Waals surface area contributed by atoms with E-state index in [1.807, 2.05) is 38.4 Å². The molecule has 0 aliphatic rings. The summed E-state index contributed by atoms with van der Waals surface area (Å²) < 4.78 is 0. The molecule has 0 saturated carbocycles. The lowest BCUT2D eigenvalue weighted by Gasteiger charge is -2.23. The predicted octanol–water partition coefficient (Wildman–Crippen LogP) is 3.24. The Morgan fingerprint density at radius 1 is 1.33 bits per heavy atom. The van der Waals surface area contributed by atoms with Gasteiger partial charge in [0, 0.05) is 31.9 Å². The van der Waals surface area contributed by atoms with Gasteiger partial charge in [0.2, 0.25) is 0 Å². The standard InChI is InChI=1S/C15H24N2O/c1-15(2,3)9-10-17(5)14(18)12-7-6-8-13(11-12)16-4/h6-8,11,16H,9-10H2,1-5H3. The van der Waals surface area contributed by atoms with Gasteiger partial charge in [-0.05, 0) is 30.0 Å². The summed E-state index contributed by atoms with van der Waals surface area (Å²) in [5.41, 5.74) is 1.95. The molecular weight excluding hydrogens is 224 g/mol. The van der Waals surface area contributed by atoms with E-state index < -0.39 is 0 Å². The van der Waals surface area contributed by atoms with E-state index in [0.717, 1.165) is 24.2 Å². The van der Waals surface area contributed by atoms with Crippen LogP contribution in [0.3, 0.4) is 0 Å². The first-order chi connectivity index (χ1) is 8.33. The summed E-state index contributed by atoms with van der Waals surface area (Å²) in [5, 5.41) is 3.05. The highest BCUT2D eigenvalue weighted by atomic mass is 16.2. The van der Waals surface area contributed by atoms with Gasteiger partial charge in [-0.3, -0.25) is 4.79 Å². The minimum Gasteiger partial charge on any atom is -0.388 e. The molecule has 1 amide bonds. The van der Waals surface area contributed by atoms with Gasteiger partial charge in [0.1, 0.15) is 0 Å². The van der Waals surface area contributed by atoms with E-state index in [2.05, 4.69) is 26.1 Å². The minimum absolute atomic E-state index is 0.0800. The van der Waals surface area contributed by atoms with Gasteiger partial charge in [-0.2, -0.15) is 0 Å². The van der Waals surface area contributed by atoms with Crippen molar-refractivity contribution in [2.24, 2.45) is 5.41 Å². The van der Waals surface area contributed by atoms with Crippen LogP contribution in [-0.2, 0) is 0 Å². The van der Waals surface area contributed by atoms with Gasteiger partial charge in [-0.25, -0.2) is 0 Å². The van der Waals surface area contributed by atoms with E-state index in [1.165, 1.54) is 0 Å². The summed E-state index contributed by atoms with van der Waals surface area (Å²) in [6.07, 6.45) is 1.00. The largest absolute Gasteiger partial charge is 0.388 e. The van der Waals surface area contributed by atoms with Gasteiger partial charge in [0.05, 0.1) is 0 Å². The molecule has 1 aromatic carbocycles. The maximum absolute atomic E-state index is 12.2. The normalized spacial score (nSPS) is 11.2. The third kappa shape index (κ3) is 4.40. The van der Waals surface area contributed by atoms with Crippen molar-refractivity contribution < 1.29 is 4.79 Å². The van der Waals surface area contributed by atoms with Crippen LogP contribution in [0, 0.1) is 5.41 Å². The number of carbonyl (C=O) groups is 1. The fourth-order valence-corrected chi connectivity index (χ4v) is 1.63. The van der Waals surface area contributed by atoms with Crippen molar-refractivity contribution in [1.29, 1.82) is 0 Å². The molecule has 0 bridgehead atoms. The van der Waals surface area contributed by atoms with E-state index in [0.29, 0.717) is 0 Å². The summed E-state index contributed by atoms with van der Waals surface area (Å²) in [7, 11) is 3.72. The number of hydrogen-bond donors (Lipinski definition) is 1. The molecule has 0 spiro atoms. The van der Waals surface area contributed by atoms with Crippen LogP contribution in [0.25, 0.3) is 0 Å². The summed E-state index contributed by atoms with van der Waals surface area (Å²) in [5.74, 6) is 0.0800. The zero-order valence-electron chi connectivity index (χ0n) is 12.1. The Balaban J connectivity index is 2.68. The molecule has 0 aliphatic heterocycles. The smallest absolute Gasteiger partial charge is 0.253 e. The molecule has 0 atom stereocenters. The molecule has 18 heavy (non-hydrogen) atoms. The zero-order chi connectivity index (χ0) is 13.8.